The van der Waals surface area contributed by atoms with Crippen molar-refractivity contribution in [1.29, 1.82) is 0 Å². The van der Waals surface area contributed by atoms with Gasteiger partial charge in [-0.25, -0.2) is 0 Å². The zero-order valence-corrected chi connectivity index (χ0v) is 12.3. The van der Waals surface area contributed by atoms with Crippen molar-refractivity contribution >= 4 is 30.7 Å². The maximum Gasteiger partial charge on any atom is 0.244 e. The fourth-order valence-electron chi connectivity index (χ4n) is 2.39. The van der Waals surface area contributed by atoms with Crippen molar-refractivity contribution in [3.63, 3.8) is 0 Å². The van der Waals surface area contributed by atoms with Crippen molar-refractivity contribution in [2.75, 3.05) is 6.54 Å². The van der Waals surface area contributed by atoms with E-state index in [0.717, 1.165) is 12.2 Å². The number of carbonyl (C=O) groups is 1. The van der Waals surface area contributed by atoms with Crippen LogP contribution in [0, 0.1) is 6.92 Å². The zero-order valence-electron chi connectivity index (χ0n) is 10.6. The second-order valence-corrected chi connectivity index (χ2v) is 4.60. The van der Waals surface area contributed by atoms with Crippen molar-refractivity contribution < 1.29 is 4.79 Å². The van der Waals surface area contributed by atoms with E-state index in [4.69, 9.17) is 0 Å². The van der Waals surface area contributed by atoms with Crippen molar-refractivity contribution in [3.05, 3.63) is 41.2 Å². The molecule has 1 aromatic rings. The highest BCUT2D eigenvalue weighted by molar-refractivity contribution is 5.86. The van der Waals surface area contributed by atoms with Gasteiger partial charge in [0.15, 0.2) is 0 Å². The largest absolute Gasteiger partial charge is 0.332 e. The summed E-state index contributed by atoms with van der Waals surface area (Å²) < 4.78 is 0. The Labute approximate surface area is 125 Å². The lowest BCUT2D eigenvalue weighted by Gasteiger charge is -2.19. The number of amides is 1. The first kappa shape index (κ1) is 16.0. The minimum Gasteiger partial charge on any atom is -0.332 e. The monoisotopic (exact) mass is 301 g/mol. The molecule has 0 bridgehead atoms. The molecule has 104 valence electrons. The number of hydrogen-bond donors (Lipinski definition) is 1. The van der Waals surface area contributed by atoms with Crippen LogP contribution >= 0.6 is 24.8 Å². The third-order valence-electron chi connectivity index (χ3n) is 3.30. The first-order valence-electron chi connectivity index (χ1n) is 5.87. The van der Waals surface area contributed by atoms with E-state index in [1.807, 2.05) is 30.2 Å². The van der Waals surface area contributed by atoms with Gasteiger partial charge < -0.3 is 4.90 Å². The Morgan fingerprint density at radius 2 is 2.11 bits per heavy atom. The lowest BCUT2D eigenvalue weighted by molar-refractivity contribution is -0.132. The van der Waals surface area contributed by atoms with Gasteiger partial charge in [0, 0.05) is 31.5 Å². The smallest absolute Gasteiger partial charge is 0.244 e. The van der Waals surface area contributed by atoms with Gasteiger partial charge in [0.2, 0.25) is 5.91 Å². The maximum atomic E-state index is 12.2. The predicted molar refractivity (Wildman–Crippen MR) is 78.7 cm³/mol. The molecule has 0 spiro atoms. The van der Waals surface area contributed by atoms with Gasteiger partial charge in [-0.05, 0) is 24.1 Å². The van der Waals surface area contributed by atoms with Gasteiger partial charge in [-0.3, -0.25) is 15.1 Å². The number of rotatable bonds is 1. The lowest BCUT2D eigenvalue weighted by atomic mass is 10.2. The molecule has 1 N–H and O–H groups in total. The highest BCUT2D eigenvalue weighted by Gasteiger charge is 2.28. The molecule has 1 atom stereocenters. The minimum absolute atomic E-state index is 0. The molecule has 0 saturated carbocycles. The molecule has 3 rings (SSSR count). The van der Waals surface area contributed by atoms with Gasteiger partial charge in [0.05, 0.1) is 0 Å². The van der Waals surface area contributed by atoms with Gasteiger partial charge >= 0.3 is 0 Å². The molecule has 0 fully saturated rings. The third kappa shape index (κ3) is 3.08. The van der Waals surface area contributed by atoms with E-state index < -0.39 is 0 Å². The van der Waals surface area contributed by atoms with Crippen LogP contribution in [0.25, 0.3) is 0 Å². The molecule has 1 aromatic heterocycles. The number of aromatic nitrogens is 1. The number of nitrogens with zero attached hydrogens (tertiary/aromatic N) is 2. The summed E-state index contributed by atoms with van der Waals surface area (Å²) in [6.45, 7) is 4.17. The van der Waals surface area contributed by atoms with E-state index in [2.05, 4.69) is 16.4 Å². The summed E-state index contributed by atoms with van der Waals surface area (Å²) in [4.78, 5) is 18.4. The van der Waals surface area contributed by atoms with Crippen LogP contribution in [0.15, 0.2) is 24.4 Å². The molecule has 0 aromatic carbocycles. The van der Waals surface area contributed by atoms with Crippen LogP contribution in [0.2, 0.25) is 0 Å². The van der Waals surface area contributed by atoms with Crippen LogP contribution in [0.1, 0.15) is 16.8 Å². The molecule has 3 heterocycles. The summed E-state index contributed by atoms with van der Waals surface area (Å²) in [6.07, 6.45) is 5.82. The van der Waals surface area contributed by atoms with Crippen molar-refractivity contribution in [2.45, 2.75) is 26.1 Å². The Bertz CT molecular complexity index is 505. The lowest BCUT2D eigenvalue weighted by Crippen LogP contribution is -2.41. The quantitative estimate of drug-likeness (QED) is 0.802. The molecule has 2 aliphatic rings. The van der Waals surface area contributed by atoms with Crippen LogP contribution in [-0.4, -0.2) is 28.4 Å². The number of carbonyl (C=O) groups excluding carboxylic acids is 1. The van der Waals surface area contributed by atoms with Crippen LogP contribution in [0.4, 0.5) is 0 Å². The van der Waals surface area contributed by atoms with Gasteiger partial charge in [0.1, 0.15) is 6.04 Å². The molecule has 0 radical (unpaired) electrons. The van der Waals surface area contributed by atoms with E-state index in [1.165, 1.54) is 11.1 Å². The Kier molecular flexibility index (Phi) is 5.35. The Morgan fingerprint density at radius 3 is 2.79 bits per heavy atom. The first-order chi connectivity index (χ1) is 8.24. The molecule has 6 heteroatoms. The predicted octanol–water partition coefficient (Wildman–Crippen LogP) is 1.60. The molecule has 1 amide bonds. The highest BCUT2D eigenvalue weighted by Crippen LogP contribution is 2.23. The summed E-state index contributed by atoms with van der Waals surface area (Å²) in [5.41, 5.74) is 3.41. The van der Waals surface area contributed by atoms with Crippen molar-refractivity contribution in [3.8, 4) is 0 Å². The van der Waals surface area contributed by atoms with Gasteiger partial charge in [-0.1, -0.05) is 12.2 Å². The average Bonchev–Trinajstić information content (AvgIpc) is 2.96. The average molecular weight is 302 g/mol. The van der Waals surface area contributed by atoms with Crippen LogP contribution in [0.3, 0.4) is 0 Å². The van der Waals surface area contributed by atoms with Crippen LogP contribution in [0.5, 0.6) is 0 Å². The summed E-state index contributed by atoms with van der Waals surface area (Å²) in [5.74, 6) is 0.160. The first-order valence-corrected chi connectivity index (χ1v) is 5.87. The number of fused-ring (bicyclic) bond motifs is 1. The van der Waals surface area contributed by atoms with Gasteiger partial charge in [-0.15, -0.1) is 24.8 Å². The van der Waals surface area contributed by atoms with Crippen molar-refractivity contribution in [1.82, 2.24) is 15.2 Å². The van der Waals surface area contributed by atoms with E-state index in [9.17, 15) is 4.79 Å². The minimum atomic E-state index is -0.140. The molecular weight excluding hydrogens is 285 g/mol. The molecule has 0 saturated heterocycles. The molecule has 1 unspecified atom stereocenters. The number of hydrogen-bond acceptors (Lipinski definition) is 3. The second kappa shape index (κ2) is 6.37. The Hall–Kier alpha value is -1.10. The summed E-state index contributed by atoms with van der Waals surface area (Å²) in [5, 5.41) is 3.15. The molecule has 0 aliphatic carbocycles. The number of aryl methyl sites for hydroxylation is 1. The van der Waals surface area contributed by atoms with Crippen molar-refractivity contribution in [2.24, 2.45) is 0 Å². The molecule has 19 heavy (non-hydrogen) atoms. The fraction of sp³-hybridized carbons (Fsp3) is 0.385. The number of nitrogens with one attached hydrogen (secondary N) is 1. The van der Waals surface area contributed by atoms with E-state index >= 15 is 0 Å². The van der Waals surface area contributed by atoms with E-state index in [0.29, 0.717) is 13.1 Å². The normalized spacial score (nSPS) is 19.6. The molecule has 2 aliphatic heterocycles. The summed E-state index contributed by atoms with van der Waals surface area (Å²) in [7, 11) is 0. The van der Waals surface area contributed by atoms with Crippen LogP contribution in [-0.2, 0) is 17.9 Å². The van der Waals surface area contributed by atoms with E-state index in [1.54, 1.807) is 0 Å². The highest BCUT2D eigenvalue weighted by atomic mass is 35.5. The number of halogens is 2. The van der Waals surface area contributed by atoms with Gasteiger partial charge in [0.25, 0.3) is 0 Å². The Morgan fingerprint density at radius 1 is 1.37 bits per heavy atom. The van der Waals surface area contributed by atoms with Crippen LogP contribution < -0.4 is 5.32 Å². The topological polar surface area (TPSA) is 45.2 Å². The standard InChI is InChI=1S/C13H15N3O.2ClH/c1-9-5-10-7-16(8-11(10)6-15-9)13(17)12-3-2-4-14-12;;/h2-3,5-6,12,14H,4,7-8H2,1H3;2*1H. The third-order valence-corrected chi connectivity index (χ3v) is 3.30. The molecular formula is C13H17Cl2N3O. The Balaban J connectivity index is 0.000000902. The summed E-state index contributed by atoms with van der Waals surface area (Å²) >= 11 is 0. The maximum absolute atomic E-state index is 12.2. The summed E-state index contributed by atoms with van der Waals surface area (Å²) in [6, 6.07) is 1.93. The second-order valence-electron chi connectivity index (χ2n) is 4.60. The van der Waals surface area contributed by atoms with E-state index in [-0.39, 0.29) is 36.8 Å². The SMILES string of the molecule is Cc1cc2c(cn1)CN(C(=O)C1C=CCN1)C2.Cl.Cl. The molecule has 4 nitrogen and oxygen atoms in total. The zero-order chi connectivity index (χ0) is 11.8. The number of pyridine rings is 1. The van der Waals surface area contributed by atoms with Gasteiger partial charge in [-0.2, -0.15) is 0 Å². The fourth-order valence-corrected chi connectivity index (χ4v) is 2.39.